The van der Waals surface area contributed by atoms with Gasteiger partial charge in [0.2, 0.25) is 0 Å². The van der Waals surface area contributed by atoms with Crippen molar-refractivity contribution in [3.8, 4) is 11.5 Å². The summed E-state index contributed by atoms with van der Waals surface area (Å²) >= 11 is 0. The molecule has 5 unspecified atom stereocenters. The summed E-state index contributed by atoms with van der Waals surface area (Å²) in [6.45, 7) is 23.7. The lowest BCUT2D eigenvalue weighted by atomic mass is 9.86. The number of nitrogens with zero attached hydrogens (tertiary/aromatic N) is 1. The number of hydrogen-bond acceptors (Lipinski definition) is 5. The Balaban J connectivity index is 0.00000116. The lowest BCUT2D eigenvalue weighted by molar-refractivity contribution is 0.197. The third-order valence-corrected chi connectivity index (χ3v) is 9.99. The van der Waals surface area contributed by atoms with Gasteiger partial charge in [-0.2, -0.15) is 0 Å². The topological polar surface area (TPSA) is 54.9 Å². The van der Waals surface area contributed by atoms with Crippen molar-refractivity contribution in [3.05, 3.63) is 18.2 Å². The Kier molecular flexibility index (Phi) is 26.0. The molecule has 0 spiro atoms. The summed E-state index contributed by atoms with van der Waals surface area (Å²) in [5.41, 5.74) is 1.93. The van der Waals surface area contributed by atoms with Gasteiger partial charge in [0.05, 0.1) is 19.0 Å². The summed E-state index contributed by atoms with van der Waals surface area (Å²) in [6, 6.07) is 5.88. The van der Waals surface area contributed by atoms with Crippen molar-refractivity contribution in [2.75, 3.05) is 39.2 Å². The lowest BCUT2D eigenvalue weighted by Crippen LogP contribution is -2.24. The van der Waals surface area contributed by atoms with E-state index in [1.165, 1.54) is 50.9 Å². The highest BCUT2D eigenvalue weighted by molar-refractivity contribution is 5.62. The summed E-state index contributed by atoms with van der Waals surface area (Å²) in [7, 11) is 3.67. The van der Waals surface area contributed by atoms with Gasteiger partial charge in [-0.3, -0.25) is 4.39 Å². The molecule has 6 heteroatoms. The zero-order valence-corrected chi connectivity index (χ0v) is 32.9. The van der Waals surface area contributed by atoms with Crippen LogP contribution in [-0.2, 0) is 0 Å². The number of anilines is 1. The Morgan fingerprint density at radius 2 is 1.66 bits per heavy atom. The van der Waals surface area contributed by atoms with E-state index in [-0.39, 0.29) is 18.8 Å². The van der Waals surface area contributed by atoms with Crippen molar-refractivity contribution in [2.24, 2.45) is 40.0 Å². The molecule has 47 heavy (non-hydrogen) atoms. The molecule has 5 nitrogen and oxygen atoms in total. The van der Waals surface area contributed by atoms with Gasteiger partial charge < -0.3 is 25.1 Å². The van der Waals surface area contributed by atoms with E-state index in [2.05, 4.69) is 50.0 Å². The number of alkyl halides is 1. The third-order valence-electron chi connectivity index (χ3n) is 9.99. The van der Waals surface area contributed by atoms with E-state index in [1.54, 1.807) is 32.7 Å². The van der Waals surface area contributed by atoms with Crippen LogP contribution in [0.5, 0.6) is 11.5 Å². The van der Waals surface area contributed by atoms with Gasteiger partial charge in [-0.25, -0.2) is 0 Å². The average molecular weight is 664 g/mol. The van der Waals surface area contributed by atoms with Crippen molar-refractivity contribution in [1.29, 1.82) is 0 Å². The van der Waals surface area contributed by atoms with E-state index in [0.29, 0.717) is 12.5 Å². The summed E-state index contributed by atoms with van der Waals surface area (Å²) in [5.74, 6) is 4.94. The number of aliphatic imine (C=N–C) groups is 1. The zero-order valence-electron chi connectivity index (χ0n) is 32.9. The highest BCUT2D eigenvalue weighted by atomic mass is 19.1. The minimum absolute atomic E-state index is 0.0172. The minimum atomic E-state index is -0.340. The summed E-state index contributed by atoms with van der Waals surface area (Å²) in [4.78, 5) is 3.25. The van der Waals surface area contributed by atoms with Crippen LogP contribution in [0.1, 0.15) is 146 Å². The van der Waals surface area contributed by atoms with E-state index in [9.17, 15) is 4.39 Å². The number of rotatable bonds is 19. The fraction of sp³-hybridized carbons (Fsp3) is 0.829. The number of benzene rings is 1. The maximum atomic E-state index is 12.9. The van der Waals surface area contributed by atoms with E-state index in [0.717, 1.165) is 53.8 Å². The molecule has 276 valence electrons. The van der Waals surface area contributed by atoms with Gasteiger partial charge in [0, 0.05) is 25.5 Å². The van der Waals surface area contributed by atoms with Crippen LogP contribution in [0.2, 0.25) is 0 Å². The Morgan fingerprint density at radius 3 is 2.15 bits per heavy atom. The van der Waals surface area contributed by atoms with Crippen molar-refractivity contribution >= 4 is 12.4 Å². The second-order valence-corrected chi connectivity index (χ2v) is 13.7. The second kappa shape index (κ2) is 27.1. The zero-order chi connectivity index (χ0) is 35.7. The number of ether oxygens (including phenoxy) is 2. The predicted octanol–water partition coefficient (Wildman–Crippen LogP) is 12.0. The van der Waals surface area contributed by atoms with Crippen LogP contribution in [0.25, 0.3) is 0 Å². The molecular weight excluding hydrogens is 585 g/mol. The van der Waals surface area contributed by atoms with Crippen LogP contribution in [0, 0.1) is 35.0 Å². The molecule has 0 radical (unpaired) electrons. The number of hydrogen-bond donors (Lipinski definition) is 2. The van der Waals surface area contributed by atoms with Gasteiger partial charge in [0.1, 0.15) is 11.5 Å². The van der Waals surface area contributed by atoms with E-state index < -0.39 is 0 Å². The van der Waals surface area contributed by atoms with Gasteiger partial charge in [-0.05, 0) is 106 Å². The molecule has 2 N–H and O–H groups in total. The Bertz CT molecular complexity index is 885. The molecule has 0 bridgehead atoms. The van der Waals surface area contributed by atoms with Crippen LogP contribution in [-0.4, -0.2) is 46.9 Å². The van der Waals surface area contributed by atoms with Gasteiger partial charge >= 0.3 is 0 Å². The van der Waals surface area contributed by atoms with Crippen LogP contribution < -0.4 is 20.1 Å². The van der Waals surface area contributed by atoms with Crippen molar-refractivity contribution in [1.82, 2.24) is 5.32 Å². The molecule has 1 aromatic rings. The molecule has 1 aromatic carbocycles. The Morgan fingerprint density at radius 1 is 1.02 bits per heavy atom. The molecule has 1 aliphatic heterocycles. The maximum Gasteiger partial charge on any atom is 0.170 e. The highest BCUT2D eigenvalue weighted by Gasteiger charge is 2.51. The molecule has 2 saturated carbocycles. The largest absolute Gasteiger partial charge is 0.493 e. The van der Waals surface area contributed by atoms with E-state index in [1.807, 2.05) is 59.9 Å². The monoisotopic (exact) mass is 664 g/mol. The smallest absolute Gasteiger partial charge is 0.170 e. The standard InChI is InChI=1S/C27H47FN2O2.C8H14.C2H5N.2C2H6/c1-6-22(10-8-9-20(3)13-14-29-5)15-21(4)16-27-30-25-12-11-24(17-26(25)32-27)31-19-23(7-2)18-28;1-2-8(5-6-8)7-3-4-7;1-3-2;2*1-2/h11-12,17,20-23,27,29-30H,6-10,13-16,18-19H2,1-5H3;7H,2-6H2,1H3;1H2,2H3;2*1-2H3. The van der Waals surface area contributed by atoms with Gasteiger partial charge in [0.15, 0.2) is 6.23 Å². The fourth-order valence-electron chi connectivity index (χ4n) is 6.47. The second-order valence-electron chi connectivity index (χ2n) is 13.7. The first-order valence-corrected chi connectivity index (χ1v) is 19.5. The molecule has 1 heterocycles. The van der Waals surface area contributed by atoms with Crippen LogP contribution >= 0.6 is 0 Å². The first-order chi connectivity index (χ1) is 22.8. The summed E-state index contributed by atoms with van der Waals surface area (Å²) < 4.78 is 24.9. The van der Waals surface area contributed by atoms with Crippen molar-refractivity contribution < 1.29 is 13.9 Å². The van der Waals surface area contributed by atoms with Crippen LogP contribution in [0.4, 0.5) is 10.1 Å². The highest BCUT2D eigenvalue weighted by Crippen LogP contribution is 2.63. The Labute approximate surface area is 292 Å². The molecule has 3 aliphatic rings. The summed E-state index contributed by atoms with van der Waals surface area (Å²) in [6.07, 6.45) is 17.3. The van der Waals surface area contributed by atoms with Crippen LogP contribution in [0.15, 0.2) is 23.2 Å². The van der Waals surface area contributed by atoms with E-state index >= 15 is 0 Å². The molecule has 0 aromatic heterocycles. The van der Waals surface area contributed by atoms with Gasteiger partial charge in [0.25, 0.3) is 0 Å². The summed E-state index contributed by atoms with van der Waals surface area (Å²) in [5, 5.41) is 6.76. The SMILES string of the molecule is C=NC.CC.CC.CCC(CF)COc1ccc2c(c1)OC(CC(C)CC(CC)CCCC(C)CCNC)N2.CCC1(C2CC2)CC1. The number of nitrogens with one attached hydrogen (secondary N) is 2. The van der Waals surface area contributed by atoms with Crippen molar-refractivity contribution in [3.63, 3.8) is 0 Å². The quantitative estimate of drug-likeness (QED) is 0.145. The minimum Gasteiger partial charge on any atom is -0.493 e. The molecule has 4 rings (SSSR count). The maximum absolute atomic E-state index is 12.9. The lowest BCUT2D eigenvalue weighted by Gasteiger charge is -2.22. The number of halogens is 1. The first-order valence-electron chi connectivity index (χ1n) is 19.5. The third kappa shape index (κ3) is 18.5. The van der Waals surface area contributed by atoms with Gasteiger partial charge in [-0.15, -0.1) is 0 Å². The van der Waals surface area contributed by atoms with Crippen molar-refractivity contribution in [2.45, 2.75) is 152 Å². The average Bonchev–Trinajstić information content (AvgIpc) is 4.03. The molecule has 2 fully saturated rings. The molecule has 5 atom stereocenters. The molecular formula is C41H78FN3O2. The molecule has 2 aliphatic carbocycles. The van der Waals surface area contributed by atoms with Gasteiger partial charge in [-0.1, -0.05) is 94.4 Å². The first kappa shape index (κ1) is 45.2. The fourth-order valence-corrected chi connectivity index (χ4v) is 6.47. The predicted molar refractivity (Wildman–Crippen MR) is 206 cm³/mol. The van der Waals surface area contributed by atoms with Crippen LogP contribution in [0.3, 0.4) is 0 Å². The molecule has 0 saturated heterocycles. The normalized spacial score (nSPS) is 18.9. The Hall–Kier alpha value is -1.82. The number of fused-ring (bicyclic) bond motifs is 1. The van der Waals surface area contributed by atoms with E-state index in [4.69, 9.17) is 9.47 Å². The molecule has 0 amide bonds.